The largest absolute Gasteiger partial charge is 0.369 e. The number of hydrogen-bond donors (Lipinski definition) is 0. The second kappa shape index (κ2) is 7.30. The van der Waals surface area contributed by atoms with Crippen LogP contribution in [0.15, 0.2) is 45.8 Å². The van der Waals surface area contributed by atoms with E-state index in [-0.39, 0.29) is 5.56 Å². The predicted octanol–water partition coefficient (Wildman–Crippen LogP) is 3.39. The smallest absolute Gasteiger partial charge is 0.282 e. The predicted molar refractivity (Wildman–Crippen MR) is 96.9 cm³/mol. The van der Waals surface area contributed by atoms with Gasteiger partial charge in [-0.05, 0) is 53.1 Å². The molecule has 1 aliphatic rings. The van der Waals surface area contributed by atoms with E-state index in [9.17, 15) is 4.79 Å². The van der Waals surface area contributed by atoms with Crippen LogP contribution in [0.3, 0.4) is 0 Å². The first-order chi connectivity index (χ1) is 11.1. The summed E-state index contributed by atoms with van der Waals surface area (Å²) in [6.45, 7) is 1.99. The van der Waals surface area contributed by atoms with Crippen LogP contribution in [0.1, 0.15) is 24.8 Å². The summed E-state index contributed by atoms with van der Waals surface area (Å²) in [5.74, 6) is 0.768. The molecule has 23 heavy (non-hydrogen) atoms. The summed E-state index contributed by atoms with van der Waals surface area (Å²) in [6.07, 6.45) is 6.54. The Labute approximate surface area is 145 Å². The van der Waals surface area contributed by atoms with Crippen molar-refractivity contribution in [3.8, 4) is 0 Å². The fourth-order valence-electron chi connectivity index (χ4n) is 3.20. The van der Waals surface area contributed by atoms with Crippen LogP contribution in [0.2, 0.25) is 0 Å². The molecule has 0 aliphatic carbocycles. The maximum atomic E-state index is 12.0. The van der Waals surface area contributed by atoms with Crippen LogP contribution in [0.4, 0.5) is 5.69 Å². The van der Waals surface area contributed by atoms with Crippen molar-refractivity contribution in [1.29, 1.82) is 0 Å². The quantitative estimate of drug-likeness (QED) is 0.821. The molecule has 1 aliphatic heterocycles. The van der Waals surface area contributed by atoms with Crippen molar-refractivity contribution in [1.82, 2.24) is 9.78 Å². The Morgan fingerprint density at radius 2 is 1.91 bits per heavy atom. The molecule has 4 nitrogen and oxygen atoms in total. The van der Waals surface area contributed by atoms with Gasteiger partial charge < -0.3 is 4.90 Å². The van der Waals surface area contributed by atoms with Gasteiger partial charge in [0, 0.05) is 20.1 Å². The molecule has 0 N–H and O–H groups in total. The average Bonchev–Trinajstić information content (AvgIpc) is 2.60. The van der Waals surface area contributed by atoms with Crippen LogP contribution in [0, 0.1) is 5.92 Å². The monoisotopic (exact) mass is 375 g/mol. The van der Waals surface area contributed by atoms with Gasteiger partial charge >= 0.3 is 0 Å². The minimum atomic E-state index is -0.0753. The number of piperidine rings is 1. The minimum Gasteiger partial charge on any atom is -0.369 e. The van der Waals surface area contributed by atoms with Gasteiger partial charge in [0.1, 0.15) is 4.47 Å². The van der Waals surface area contributed by atoms with E-state index < -0.39 is 0 Å². The second-order valence-electron chi connectivity index (χ2n) is 6.23. The summed E-state index contributed by atoms with van der Waals surface area (Å²) in [6, 6.07) is 10.7. The van der Waals surface area contributed by atoms with Gasteiger partial charge in [-0.3, -0.25) is 4.79 Å². The molecule has 0 atom stereocenters. The van der Waals surface area contributed by atoms with Gasteiger partial charge in [0.2, 0.25) is 0 Å². The molecule has 0 spiro atoms. The van der Waals surface area contributed by atoms with E-state index in [1.807, 2.05) is 0 Å². The summed E-state index contributed by atoms with van der Waals surface area (Å²) < 4.78 is 1.98. The number of halogens is 1. The van der Waals surface area contributed by atoms with E-state index in [0.717, 1.165) is 31.1 Å². The van der Waals surface area contributed by atoms with Crippen LogP contribution >= 0.6 is 15.9 Å². The second-order valence-corrected chi connectivity index (χ2v) is 7.02. The van der Waals surface area contributed by atoms with Crippen molar-refractivity contribution in [3.05, 3.63) is 56.9 Å². The third-order valence-corrected chi connectivity index (χ3v) is 5.44. The lowest BCUT2D eigenvalue weighted by Gasteiger charge is -2.33. The van der Waals surface area contributed by atoms with E-state index in [4.69, 9.17) is 0 Å². The van der Waals surface area contributed by atoms with Crippen LogP contribution in [-0.2, 0) is 13.5 Å². The lowest BCUT2D eigenvalue weighted by molar-refractivity contribution is 0.381. The zero-order valence-corrected chi connectivity index (χ0v) is 15.0. The molecule has 1 aromatic heterocycles. The highest BCUT2D eigenvalue weighted by Gasteiger charge is 2.22. The molecular weight excluding hydrogens is 354 g/mol. The van der Waals surface area contributed by atoms with E-state index in [1.165, 1.54) is 29.5 Å². The van der Waals surface area contributed by atoms with Crippen molar-refractivity contribution < 1.29 is 0 Å². The number of hydrogen-bond acceptors (Lipinski definition) is 3. The molecule has 1 saturated heterocycles. The molecule has 3 rings (SSSR count). The fourth-order valence-corrected chi connectivity index (χ4v) is 3.81. The fraction of sp³-hybridized carbons (Fsp3) is 0.444. The Bertz CT molecular complexity index is 706. The number of benzene rings is 1. The molecular formula is C18H22BrN3O. The van der Waals surface area contributed by atoms with Crippen LogP contribution in [0.5, 0.6) is 0 Å². The highest BCUT2D eigenvalue weighted by molar-refractivity contribution is 9.10. The number of aromatic nitrogens is 2. The summed E-state index contributed by atoms with van der Waals surface area (Å²) in [5.41, 5.74) is 2.27. The molecule has 0 saturated carbocycles. The van der Waals surface area contributed by atoms with Crippen LogP contribution in [0.25, 0.3) is 0 Å². The highest BCUT2D eigenvalue weighted by atomic mass is 79.9. The number of rotatable bonds is 4. The van der Waals surface area contributed by atoms with Gasteiger partial charge in [0.15, 0.2) is 0 Å². The molecule has 2 aromatic rings. The summed E-state index contributed by atoms with van der Waals surface area (Å²) >= 11 is 3.43. The van der Waals surface area contributed by atoms with E-state index in [2.05, 4.69) is 56.3 Å². The SMILES string of the molecule is Cn1ncc(N2CCC(CCc3ccccc3)CC2)c(Br)c1=O. The highest BCUT2D eigenvalue weighted by Crippen LogP contribution is 2.28. The molecule has 1 aromatic carbocycles. The average molecular weight is 376 g/mol. The first-order valence-electron chi connectivity index (χ1n) is 8.16. The van der Waals surface area contributed by atoms with Crippen molar-refractivity contribution >= 4 is 21.6 Å². The summed E-state index contributed by atoms with van der Waals surface area (Å²) in [7, 11) is 1.67. The Balaban J connectivity index is 1.56. The third-order valence-electron chi connectivity index (χ3n) is 4.70. The van der Waals surface area contributed by atoms with Gasteiger partial charge in [0.25, 0.3) is 5.56 Å². The van der Waals surface area contributed by atoms with Crippen LogP contribution in [-0.4, -0.2) is 22.9 Å². The molecule has 5 heteroatoms. The standard InChI is InChI=1S/C18H22BrN3O/c1-21-18(23)17(19)16(13-20-21)22-11-9-15(10-12-22)8-7-14-5-3-2-4-6-14/h2-6,13,15H,7-12H2,1H3. The van der Waals surface area contributed by atoms with Crippen molar-refractivity contribution in [3.63, 3.8) is 0 Å². The number of nitrogens with zero attached hydrogens (tertiary/aromatic N) is 3. The molecule has 0 bridgehead atoms. The van der Waals surface area contributed by atoms with Crippen molar-refractivity contribution in [2.24, 2.45) is 13.0 Å². The maximum absolute atomic E-state index is 12.0. The van der Waals surface area contributed by atoms with Crippen LogP contribution < -0.4 is 10.5 Å². The Morgan fingerprint density at radius 1 is 1.22 bits per heavy atom. The normalized spacial score (nSPS) is 15.8. The Morgan fingerprint density at radius 3 is 2.61 bits per heavy atom. The first-order valence-corrected chi connectivity index (χ1v) is 8.95. The Kier molecular flexibility index (Phi) is 5.16. The van der Waals surface area contributed by atoms with E-state index in [1.54, 1.807) is 13.2 Å². The first kappa shape index (κ1) is 16.2. The molecule has 2 heterocycles. The topological polar surface area (TPSA) is 38.1 Å². The Hall–Kier alpha value is -1.62. The van der Waals surface area contributed by atoms with Crippen molar-refractivity contribution in [2.45, 2.75) is 25.7 Å². The number of anilines is 1. The number of aryl methyl sites for hydroxylation is 2. The van der Waals surface area contributed by atoms with Gasteiger partial charge in [0.05, 0.1) is 11.9 Å². The summed E-state index contributed by atoms with van der Waals surface area (Å²) in [5, 5.41) is 4.14. The molecule has 0 unspecified atom stereocenters. The summed E-state index contributed by atoms with van der Waals surface area (Å²) in [4.78, 5) is 14.3. The third kappa shape index (κ3) is 3.83. The van der Waals surface area contributed by atoms with Gasteiger partial charge in [-0.2, -0.15) is 5.10 Å². The lowest BCUT2D eigenvalue weighted by Crippen LogP contribution is -2.35. The minimum absolute atomic E-state index is 0.0753. The molecule has 122 valence electrons. The molecule has 1 fully saturated rings. The van der Waals surface area contributed by atoms with Gasteiger partial charge in [-0.15, -0.1) is 0 Å². The molecule has 0 radical (unpaired) electrons. The zero-order valence-electron chi connectivity index (χ0n) is 13.4. The van der Waals surface area contributed by atoms with E-state index in [0.29, 0.717) is 4.47 Å². The van der Waals surface area contributed by atoms with Gasteiger partial charge in [-0.25, -0.2) is 4.68 Å². The van der Waals surface area contributed by atoms with Crippen molar-refractivity contribution in [2.75, 3.05) is 18.0 Å². The maximum Gasteiger partial charge on any atom is 0.282 e. The van der Waals surface area contributed by atoms with Gasteiger partial charge in [-0.1, -0.05) is 30.3 Å². The lowest BCUT2D eigenvalue weighted by atomic mass is 9.90. The van der Waals surface area contributed by atoms with E-state index >= 15 is 0 Å². The zero-order chi connectivity index (χ0) is 16.2. The molecule has 0 amide bonds.